The Bertz CT molecular complexity index is 575. The molecule has 1 N–H and O–H groups in total. The maximum absolute atomic E-state index is 13.9. The summed E-state index contributed by atoms with van der Waals surface area (Å²) in [4.78, 5) is 0. The fourth-order valence-corrected chi connectivity index (χ4v) is 2.59. The first kappa shape index (κ1) is 13.0. The molecule has 0 unspecified atom stereocenters. The Morgan fingerprint density at radius 2 is 2.15 bits per heavy atom. The SMILES string of the molecule is CC(C)C1CC(Nc2cc(-n3cnnn3)ccc2F)C1. The van der Waals surface area contributed by atoms with Crippen molar-refractivity contribution in [3.63, 3.8) is 0 Å². The van der Waals surface area contributed by atoms with Crippen LogP contribution in [-0.4, -0.2) is 26.2 Å². The summed E-state index contributed by atoms with van der Waals surface area (Å²) in [5.74, 6) is 1.21. The van der Waals surface area contributed by atoms with Gasteiger partial charge in [-0.15, -0.1) is 5.10 Å². The Kier molecular flexibility index (Phi) is 3.38. The van der Waals surface area contributed by atoms with E-state index in [0.717, 1.165) is 24.4 Å². The first-order valence-electron chi connectivity index (χ1n) is 6.93. The third-order valence-electron chi connectivity index (χ3n) is 4.04. The quantitative estimate of drug-likeness (QED) is 0.932. The lowest BCUT2D eigenvalue weighted by Crippen LogP contribution is -2.38. The lowest BCUT2D eigenvalue weighted by atomic mass is 9.73. The van der Waals surface area contributed by atoms with Gasteiger partial charge in [-0.25, -0.2) is 9.07 Å². The fourth-order valence-electron chi connectivity index (χ4n) is 2.59. The minimum Gasteiger partial charge on any atom is -0.380 e. The normalized spacial score (nSPS) is 21.8. The lowest BCUT2D eigenvalue weighted by molar-refractivity contribution is 0.211. The van der Waals surface area contributed by atoms with E-state index in [0.29, 0.717) is 17.6 Å². The molecule has 0 saturated heterocycles. The number of nitrogens with one attached hydrogen (secondary N) is 1. The molecular formula is C14H18FN5. The predicted octanol–water partition coefficient (Wildman–Crippen LogP) is 2.65. The number of aromatic nitrogens is 4. The van der Waals surface area contributed by atoms with Gasteiger partial charge in [0.1, 0.15) is 12.1 Å². The Hall–Kier alpha value is -1.98. The van der Waals surface area contributed by atoms with Crippen molar-refractivity contribution in [2.75, 3.05) is 5.32 Å². The molecule has 1 aromatic carbocycles. The smallest absolute Gasteiger partial charge is 0.146 e. The van der Waals surface area contributed by atoms with E-state index in [1.165, 1.54) is 17.1 Å². The van der Waals surface area contributed by atoms with Crippen molar-refractivity contribution < 1.29 is 4.39 Å². The van der Waals surface area contributed by atoms with Gasteiger partial charge in [0, 0.05) is 6.04 Å². The highest BCUT2D eigenvalue weighted by Crippen LogP contribution is 2.36. The van der Waals surface area contributed by atoms with E-state index in [4.69, 9.17) is 0 Å². The molecule has 0 radical (unpaired) electrons. The zero-order chi connectivity index (χ0) is 14.1. The Morgan fingerprint density at radius 1 is 1.35 bits per heavy atom. The van der Waals surface area contributed by atoms with Crippen LogP contribution in [0.25, 0.3) is 5.69 Å². The number of nitrogens with zero attached hydrogens (tertiary/aromatic N) is 4. The molecule has 6 heteroatoms. The molecule has 1 aromatic heterocycles. The number of rotatable bonds is 4. The maximum atomic E-state index is 13.9. The fraction of sp³-hybridized carbons (Fsp3) is 0.500. The van der Waals surface area contributed by atoms with Crippen LogP contribution in [0.4, 0.5) is 10.1 Å². The average molecular weight is 275 g/mol. The van der Waals surface area contributed by atoms with Gasteiger partial charge in [0.15, 0.2) is 0 Å². The van der Waals surface area contributed by atoms with Crippen LogP contribution >= 0.6 is 0 Å². The first-order valence-corrected chi connectivity index (χ1v) is 6.93. The number of tetrazole rings is 1. The van der Waals surface area contributed by atoms with Crippen molar-refractivity contribution >= 4 is 5.69 Å². The third kappa shape index (κ3) is 2.50. The number of anilines is 1. The molecule has 1 aliphatic rings. The maximum Gasteiger partial charge on any atom is 0.146 e. The second-order valence-electron chi connectivity index (χ2n) is 5.74. The van der Waals surface area contributed by atoms with Crippen LogP contribution in [0.15, 0.2) is 24.5 Å². The highest BCUT2D eigenvalue weighted by molar-refractivity contribution is 5.52. The Balaban J connectivity index is 1.72. The van der Waals surface area contributed by atoms with Crippen molar-refractivity contribution in [2.24, 2.45) is 11.8 Å². The predicted molar refractivity (Wildman–Crippen MR) is 74.1 cm³/mol. The van der Waals surface area contributed by atoms with E-state index in [2.05, 4.69) is 34.7 Å². The molecular weight excluding hydrogens is 257 g/mol. The average Bonchev–Trinajstić information content (AvgIpc) is 2.88. The molecule has 1 saturated carbocycles. The minimum atomic E-state index is -0.241. The molecule has 3 rings (SSSR count). The first-order chi connectivity index (χ1) is 9.63. The summed E-state index contributed by atoms with van der Waals surface area (Å²) >= 11 is 0. The van der Waals surface area contributed by atoms with Gasteiger partial charge >= 0.3 is 0 Å². The Morgan fingerprint density at radius 3 is 2.80 bits per heavy atom. The topological polar surface area (TPSA) is 55.6 Å². The summed E-state index contributed by atoms with van der Waals surface area (Å²) in [6.45, 7) is 4.47. The van der Waals surface area contributed by atoms with Crippen LogP contribution in [0.3, 0.4) is 0 Å². The summed E-state index contributed by atoms with van der Waals surface area (Å²) in [5.41, 5.74) is 1.27. The molecule has 5 nitrogen and oxygen atoms in total. The molecule has 1 aliphatic carbocycles. The molecule has 0 atom stereocenters. The van der Waals surface area contributed by atoms with E-state index >= 15 is 0 Å². The van der Waals surface area contributed by atoms with Gasteiger partial charge in [-0.2, -0.15) is 0 Å². The van der Waals surface area contributed by atoms with E-state index in [-0.39, 0.29) is 5.82 Å². The van der Waals surface area contributed by atoms with Crippen LogP contribution in [0.5, 0.6) is 0 Å². The number of benzene rings is 1. The zero-order valence-corrected chi connectivity index (χ0v) is 11.6. The highest BCUT2D eigenvalue weighted by atomic mass is 19.1. The molecule has 1 fully saturated rings. The van der Waals surface area contributed by atoms with E-state index in [1.54, 1.807) is 12.1 Å². The Labute approximate surface area is 117 Å². The zero-order valence-electron chi connectivity index (χ0n) is 11.6. The third-order valence-corrected chi connectivity index (χ3v) is 4.04. The summed E-state index contributed by atoms with van der Waals surface area (Å²) in [5, 5.41) is 14.3. The van der Waals surface area contributed by atoms with Gasteiger partial charge in [0.2, 0.25) is 0 Å². The summed E-state index contributed by atoms with van der Waals surface area (Å²) in [7, 11) is 0. The van der Waals surface area contributed by atoms with Crippen molar-refractivity contribution in [3.8, 4) is 5.69 Å². The largest absolute Gasteiger partial charge is 0.380 e. The number of hydrogen-bond donors (Lipinski definition) is 1. The van der Waals surface area contributed by atoms with E-state index in [1.807, 2.05) is 0 Å². The monoisotopic (exact) mass is 275 g/mol. The number of hydrogen-bond acceptors (Lipinski definition) is 4. The summed E-state index contributed by atoms with van der Waals surface area (Å²) < 4.78 is 15.4. The molecule has 20 heavy (non-hydrogen) atoms. The van der Waals surface area contributed by atoms with Crippen LogP contribution in [0, 0.1) is 17.7 Å². The molecule has 0 aliphatic heterocycles. The second-order valence-corrected chi connectivity index (χ2v) is 5.74. The van der Waals surface area contributed by atoms with E-state index in [9.17, 15) is 4.39 Å². The summed E-state index contributed by atoms with van der Waals surface area (Å²) in [6, 6.07) is 5.21. The molecule has 1 heterocycles. The molecule has 106 valence electrons. The second kappa shape index (κ2) is 5.19. The van der Waals surface area contributed by atoms with Gasteiger partial charge in [0.25, 0.3) is 0 Å². The molecule has 2 aromatic rings. The highest BCUT2D eigenvalue weighted by Gasteiger charge is 2.31. The van der Waals surface area contributed by atoms with Crippen molar-refractivity contribution in [3.05, 3.63) is 30.3 Å². The standard InChI is InChI=1S/C14H18FN5/c1-9(2)10-5-11(6-10)17-14-7-12(3-4-13(14)15)20-8-16-18-19-20/h3-4,7-11,17H,5-6H2,1-2H3. The molecule has 0 amide bonds. The van der Waals surface area contributed by atoms with Gasteiger partial charge in [0.05, 0.1) is 11.4 Å². The van der Waals surface area contributed by atoms with Crippen molar-refractivity contribution in [1.82, 2.24) is 20.2 Å². The molecule has 0 spiro atoms. The lowest BCUT2D eigenvalue weighted by Gasteiger charge is -2.39. The van der Waals surface area contributed by atoms with Crippen molar-refractivity contribution in [2.45, 2.75) is 32.7 Å². The van der Waals surface area contributed by atoms with Gasteiger partial charge in [-0.3, -0.25) is 0 Å². The van der Waals surface area contributed by atoms with Crippen LogP contribution in [0.1, 0.15) is 26.7 Å². The summed E-state index contributed by atoms with van der Waals surface area (Å²) in [6.07, 6.45) is 3.70. The van der Waals surface area contributed by atoms with Crippen LogP contribution in [0.2, 0.25) is 0 Å². The van der Waals surface area contributed by atoms with Gasteiger partial charge < -0.3 is 5.32 Å². The van der Waals surface area contributed by atoms with E-state index < -0.39 is 0 Å². The van der Waals surface area contributed by atoms with Crippen molar-refractivity contribution in [1.29, 1.82) is 0 Å². The van der Waals surface area contributed by atoms with Crippen LogP contribution < -0.4 is 5.32 Å². The minimum absolute atomic E-state index is 0.241. The van der Waals surface area contributed by atoms with Crippen LogP contribution in [-0.2, 0) is 0 Å². The van der Waals surface area contributed by atoms with Gasteiger partial charge in [-0.05, 0) is 53.3 Å². The number of halogens is 1. The molecule has 0 bridgehead atoms. The van der Waals surface area contributed by atoms with Gasteiger partial charge in [-0.1, -0.05) is 13.8 Å².